The van der Waals surface area contributed by atoms with Crippen LogP contribution in [-0.4, -0.2) is 17.7 Å². The van der Waals surface area contributed by atoms with E-state index in [1.165, 1.54) is 0 Å². The Balaban J connectivity index is 2.23. The number of aromatic hydroxyl groups is 1. The molecule has 23 heavy (non-hydrogen) atoms. The fourth-order valence-corrected chi connectivity index (χ4v) is 4.46. The number of phenolic OH excluding ortho intramolecular Hbond substituents is 1. The number of phenols is 1. The molecule has 0 aliphatic carbocycles. The SMILES string of the molecule is CCOC(=O)Cc1cc(I)c(Oc2ccc(O)c(I)c2)c(I)c1. The van der Waals surface area contributed by atoms with Gasteiger partial charge in [0.1, 0.15) is 11.5 Å². The van der Waals surface area contributed by atoms with Gasteiger partial charge in [0.2, 0.25) is 0 Å². The van der Waals surface area contributed by atoms with Crippen molar-refractivity contribution in [2.45, 2.75) is 13.3 Å². The van der Waals surface area contributed by atoms with Crippen molar-refractivity contribution in [3.63, 3.8) is 0 Å². The van der Waals surface area contributed by atoms with Crippen LogP contribution < -0.4 is 4.74 Å². The zero-order chi connectivity index (χ0) is 17.0. The van der Waals surface area contributed by atoms with Gasteiger partial charge in [-0.3, -0.25) is 4.79 Å². The molecule has 0 fully saturated rings. The van der Waals surface area contributed by atoms with Gasteiger partial charge in [0.05, 0.1) is 23.7 Å². The van der Waals surface area contributed by atoms with E-state index in [0.717, 1.165) is 22.0 Å². The van der Waals surface area contributed by atoms with Crippen molar-refractivity contribution in [2.75, 3.05) is 6.61 Å². The summed E-state index contributed by atoms with van der Waals surface area (Å²) in [4.78, 5) is 11.6. The Morgan fingerprint density at radius 2 is 1.74 bits per heavy atom. The van der Waals surface area contributed by atoms with E-state index in [0.29, 0.717) is 12.4 Å². The third-order valence-corrected chi connectivity index (χ3v) is 5.32. The quantitative estimate of drug-likeness (QED) is 0.362. The molecule has 0 aliphatic rings. The van der Waals surface area contributed by atoms with Gasteiger partial charge in [-0.15, -0.1) is 0 Å². The number of ether oxygens (including phenoxy) is 2. The molecule has 0 spiro atoms. The largest absolute Gasteiger partial charge is 0.507 e. The number of carbonyl (C=O) groups excluding carboxylic acids is 1. The molecule has 0 saturated heterocycles. The van der Waals surface area contributed by atoms with E-state index in [1.807, 2.05) is 12.1 Å². The molecule has 2 aromatic rings. The molecule has 2 aromatic carbocycles. The van der Waals surface area contributed by atoms with Crippen molar-refractivity contribution in [2.24, 2.45) is 0 Å². The fraction of sp³-hybridized carbons (Fsp3) is 0.188. The molecular weight excluding hydrogens is 637 g/mol. The summed E-state index contributed by atoms with van der Waals surface area (Å²) < 4.78 is 13.5. The highest BCUT2D eigenvalue weighted by Gasteiger charge is 2.13. The van der Waals surface area contributed by atoms with E-state index in [1.54, 1.807) is 25.1 Å². The van der Waals surface area contributed by atoms with Gasteiger partial charge in [-0.05, 0) is 111 Å². The maximum atomic E-state index is 11.6. The molecule has 0 atom stereocenters. The maximum absolute atomic E-state index is 11.6. The molecule has 4 nitrogen and oxygen atoms in total. The van der Waals surface area contributed by atoms with E-state index >= 15 is 0 Å². The maximum Gasteiger partial charge on any atom is 0.310 e. The molecule has 0 aromatic heterocycles. The first-order valence-electron chi connectivity index (χ1n) is 6.70. The molecule has 0 bridgehead atoms. The van der Waals surface area contributed by atoms with Crippen LogP contribution >= 0.6 is 67.8 Å². The molecular formula is C16H13I3O4. The van der Waals surface area contributed by atoms with Crippen LogP contribution in [0.4, 0.5) is 0 Å². The summed E-state index contributed by atoms with van der Waals surface area (Å²) in [5.41, 5.74) is 0.893. The Kier molecular flexibility index (Phi) is 7.19. The van der Waals surface area contributed by atoms with E-state index in [2.05, 4.69) is 67.8 Å². The zero-order valence-corrected chi connectivity index (χ0v) is 18.6. The number of benzene rings is 2. The second-order valence-corrected chi connectivity index (χ2v) is 8.07. The lowest BCUT2D eigenvalue weighted by atomic mass is 10.1. The van der Waals surface area contributed by atoms with E-state index < -0.39 is 0 Å². The fourth-order valence-electron chi connectivity index (χ4n) is 1.86. The Bertz CT molecular complexity index is 708. The number of carbonyl (C=O) groups is 1. The molecule has 0 aliphatic heterocycles. The van der Waals surface area contributed by atoms with E-state index in [9.17, 15) is 9.90 Å². The average Bonchev–Trinajstić information content (AvgIpc) is 2.47. The lowest BCUT2D eigenvalue weighted by Crippen LogP contribution is -2.08. The molecule has 0 amide bonds. The van der Waals surface area contributed by atoms with Gasteiger partial charge >= 0.3 is 5.97 Å². The van der Waals surface area contributed by atoms with Gasteiger partial charge in [0, 0.05) is 0 Å². The summed E-state index contributed by atoms with van der Waals surface area (Å²) in [5, 5.41) is 9.57. The molecule has 122 valence electrons. The Hall–Kier alpha value is -0.300. The number of rotatable bonds is 5. The Morgan fingerprint density at radius 1 is 1.09 bits per heavy atom. The van der Waals surface area contributed by atoms with Crippen LogP contribution in [-0.2, 0) is 16.0 Å². The minimum atomic E-state index is -0.235. The van der Waals surface area contributed by atoms with Gasteiger partial charge in [-0.1, -0.05) is 0 Å². The van der Waals surface area contributed by atoms with Crippen molar-refractivity contribution in [3.05, 3.63) is 46.6 Å². The molecule has 0 heterocycles. The zero-order valence-electron chi connectivity index (χ0n) is 12.1. The number of halogens is 3. The van der Waals surface area contributed by atoms with Crippen LogP contribution in [0.1, 0.15) is 12.5 Å². The van der Waals surface area contributed by atoms with E-state index in [4.69, 9.17) is 9.47 Å². The highest BCUT2D eigenvalue weighted by Crippen LogP contribution is 2.34. The summed E-state index contributed by atoms with van der Waals surface area (Å²) in [6, 6.07) is 8.93. The monoisotopic (exact) mass is 650 g/mol. The Labute approximate surface area is 175 Å². The topological polar surface area (TPSA) is 55.8 Å². The smallest absolute Gasteiger partial charge is 0.310 e. The van der Waals surface area contributed by atoms with Gasteiger partial charge in [0.15, 0.2) is 5.75 Å². The lowest BCUT2D eigenvalue weighted by Gasteiger charge is -2.12. The molecule has 1 N–H and O–H groups in total. The lowest BCUT2D eigenvalue weighted by molar-refractivity contribution is -0.142. The minimum absolute atomic E-state index is 0.229. The standard InChI is InChI=1S/C16H13I3O4/c1-2-22-15(21)7-9-5-12(18)16(13(19)6-9)23-10-3-4-14(20)11(17)8-10/h3-6,8,20H,2,7H2,1H3. The molecule has 0 radical (unpaired) electrons. The first kappa shape index (κ1) is 19.0. The predicted octanol–water partition coefficient (Wildman–Crippen LogP) is 5.10. The molecule has 7 heteroatoms. The van der Waals surface area contributed by atoms with Crippen molar-refractivity contribution < 1.29 is 19.4 Å². The van der Waals surface area contributed by atoms with Crippen LogP contribution in [0.3, 0.4) is 0 Å². The third kappa shape index (κ3) is 5.34. The number of hydrogen-bond acceptors (Lipinski definition) is 4. The summed E-state index contributed by atoms with van der Waals surface area (Å²) in [5.74, 6) is 1.38. The molecule has 2 rings (SSSR count). The summed E-state index contributed by atoms with van der Waals surface area (Å²) in [6.45, 7) is 2.18. The van der Waals surface area contributed by atoms with E-state index in [-0.39, 0.29) is 18.1 Å². The summed E-state index contributed by atoms with van der Waals surface area (Å²) >= 11 is 6.43. The normalized spacial score (nSPS) is 10.4. The first-order chi connectivity index (χ1) is 10.9. The highest BCUT2D eigenvalue weighted by molar-refractivity contribution is 14.1. The van der Waals surface area contributed by atoms with Crippen LogP contribution in [0.15, 0.2) is 30.3 Å². The number of esters is 1. The third-order valence-electron chi connectivity index (χ3n) is 2.85. The van der Waals surface area contributed by atoms with Gasteiger partial charge in [-0.25, -0.2) is 0 Å². The predicted molar refractivity (Wildman–Crippen MR) is 113 cm³/mol. The van der Waals surface area contributed by atoms with Crippen molar-refractivity contribution in [3.8, 4) is 17.2 Å². The van der Waals surface area contributed by atoms with Crippen molar-refractivity contribution >= 4 is 73.7 Å². The van der Waals surface area contributed by atoms with Gasteiger partial charge in [-0.2, -0.15) is 0 Å². The molecule has 0 saturated carbocycles. The molecule has 0 unspecified atom stereocenters. The van der Waals surface area contributed by atoms with Crippen molar-refractivity contribution in [1.29, 1.82) is 0 Å². The summed E-state index contributed by atoms with van der Waals surface area (Å²) in [7, 11) is 0. The number of hydrogen-bond donors (Lipinski definition) is 1. The van der Waals surface area contributed by atoms with Crippen LogP contribution in [0.25, 0.3) is 0 Å². The second kappa shape index (κ2) is 8.70. The second-order valence-electron chi connectivity index (χ2n) is 4.59. The highest BCUT2D eigenvalue weighted by atomic mass is 127. The minimum Gasteiger partial charge on any atom is -0.507 e. The van der Waals surface area contributed by atoms with Gasteiger partial charge in [0.25, 0.3) is 0 Å². The first-order valence-corrected chi connectivity index (χ1v) is 9.94. The van der Waals surface area contributed by atoms with Crippen molar-refractivity contribution in [1.82, 2.24) is 0 Å². The van der Waals surface area contributed by atoms with Crippen LogP contribution in [0.5, 0.6) is 17.2 Å². The van der Waals surface area contributed by atoms with Crippen LogP contribution in [0.2, 0.25) is 0 Å². The Morgan fingerprint density at radius 3 is 2.30 bits per heavy atom. The average molecular weight is 650 g/mol. The van der Waals surface area contributed by atoms with Gasteiger partial charge < -0.3 is 14.6 Å². The summed E-state index contributed by atoms with van der Waals surface area (Å²) in [6.07, 6.45) is 0.247. The van der Waals surface area contributed by atoms with Crippen LogP contribution in [0, 0.1) is 10.7 Å².